The molecule has 2 rings (SSSR count). The van der Waals surface area contributed by atoms with Gasteiger partial charge in [-0.1, -0.05) is 42.2 Å². The van der Waals surface area contributed by atoms with Gasteiger partial charge in [0, 0.05) is 5.39 Å². The van der Waals surface area contributed by atoms with Crippen molar-refractivity contribution in [3.8, 4) is 17.6 Å². The highest BCUT2D eigenvalue weighted by molar-refractivity contribution is 7.80. The average molecular weight is 214 g/mol. The van der Waals surface area contributed by atoms with Crippen molar-refractivity contribution < 1.29 is 5.11 Å². The molecule has 0 spiro atoms. The number of hydrogen-bond acceptors (Lipinski definition) is 2. The molecule has 2 heteroatoms. The zero-order chi connectivity index (χ0) is 10.7. The Balaban J connectivity index is 2.74. The van der Waals surface area contributed by atoms with Crippen molar-refractivity contribution in [3.05, 3.63) is 42.0 Å². The highest BCUT2D eigenvalue weighted by Crippen LogP contribution is 2.25. The van der Waals surface area contributed by atoms with E-state index in [1.165, 1.54) is 0 Å². The van der Waals surface area contributed by atoms with Crippen LogP contribution in [0.2, 0.25) is 0 Å². The summed E-state index contributed by atoms with van der Waals surface area (Å²) >= 11 is 4.02. The van der Waals surface area contributed by atoms with E-state index in [0.717, 1.165) is 10.8 Å². The van der Waals surface area contributed by atoms with Gasteiger partial charge >= 0.3 is 0 Å². The summed E-state index contributed by atoms with van der Waals surface area (Å²) < 4.78 is 0. The lowest BCUT2D eigenvalue weighted by Crippen LogP contribution is -1.81. The summed E-state index contributed by atoms with van der Waals surface area (Å²) in [4.78, 5) is 0. The topological polar surface area (TPSA) is 20.2 Å². The highest BCUT2D eigenvalue weighted by Gasteiger charge is 2.02. The molecule has 74 valence electrons. The maximum Gasteiger partial charge on any atom is 0.131 e. The van der Waals surface area contributed by atoms with E-state index in [1.807, 2.05) is 30.3 Å². The van der Waals surface area contributed by atoms with Gasteiger partial charge in [-0.25, -0.2) is 0 Å². The number of rotatable bonds is 0. The molecule has 1 nitrogen and oxygen atoms in total. The molecule has 2 aromatic rings. The molecular formula is C13H10OS. The van der Waals surface area contributed by atoms with Crippen LogP contribution in [-0.2, 0) is 0 Å². The Morgan fingerprint density at radius 2 is 1.93 bits per heavy atom. The van der Waals surface area contributed by atoms with Crippen molar-refractivity contribution in [2.75, 3.05) is 5.75 Å². The van der Waals surface area contributed by atoms with Gasteiger partial charge in [0.25, 0.3) is 0 Å². The van der Waals surface area contributed by atoms with Crippen LogP contribution in [0.5, 0.6) is 5.75 Å². The largest absolute Gasteiger partial charge is 0.507 e. The Bertz CT molecular complexity index is 549. The molecule has 0 heterocycles. The van der Waals surface area contributed by atoms with E-state index in [1.54, 1.807) is 6.07 Å². The van der Waals surface area contributed by atoms with Gasteiger partial charge in [0.2, 0.25) is 0 Å². The lowest BCUT2D eigenvalue weighted by atomic mass is 10.0. The second-order valence-corrected chi connectivity index (χ2v) is 3.46. The van der Waals surface area contributed by atoms with Gasteiger partial charge in [-0.15, -0.1) is 0 Å². The van der Waals surface area contributed by atoms with E-state index in [9.17, 15) is 5.11 Å². The maximum absolute atomic E-state index is 9.71. The van der Waals surface area contributed by atoms with E-state index >= 15 is 0 Å². The first-order valence-corrected chi connectivity index (χ1v) is 5.26. The molecule has 0 aromatic heterocycles. The SMILES string of the molecule is Oc1ccc2ccccc2c1C#CCS. The predicted octanol–water partition coefficient (Wildman–Crippen LogP) is 2.83. The van der Waals surface area contributed by atoms with Crippen molar-refractivity contribution >= 4 is 23.4 Å². The number of aromatic hydroxyl groups is 1. The number of phenolic OH excluding ortho intramolecular Hbond substituents is 1. The molecule has 0 atom stereocenters. The van der Waals surface area contributed by atoms with Crippen LogP contribution in [0.4, 0.5) is 0 Å². The Morgan fingerprint density at radius 3 is 2.73 bits per heavy atom. The summed E-state index contributed by atoms with van der Waals surface area (Å²) in [6, 6.07) is 11.4. The predicted molar refractivity (Wildman–Crippen MR) is 66.3 cm³/mol. The van der Waals surface area contributed by atoms with Crippen molar-refractivity contribution in [1.82, 2.24) is 0 Å². The van der Waals surface area contributed by atoms with E-state index < -0.39 is 0 Å². The molecule has 0 aliphatic rings. The van der Waals surface area contributed by atoms with E-state index in [2.05, 4.69) is 24.5 Å². The van der Waals surface area contributed by atoms with Gasteiger partial charge in [0.15, 0.2) is 0 Å². The first kappa shape index (κ1) is 9.95. The molecule has 15 heavy (non-hydrogen) atoms. The summed E-state index contributed by atoms with van der Waals surface area (Å²) in [5.74, 6) is 6.49. The van der Waals surface area contributed by atoms with Crippen LogP contribution in [-0.4, -0.2) is 10.9 Å². The minimum atomic E-state index is 0.225. The summed E-state index contributed by atoms with van der Waals surface area (Å²) in [5, 5.41) is 11.8. The summed E-state index contributed by atoms with van der Waals surface area (Å²) in [6.45, 7) is 0. The van der Waals surface area contributed by atoms with Crippen molar-refractivity contribution in [2.45, 2.75) is 0 Å². The van der Waals surface area contributed by atoms with Crippen LogP contribution in [0.25, 0.3) is 10.8 Å². The number of benzene rings is 2. The second kappa shape index (κ2) is 4.29. The molecule has 0 fully saturated rings. The molecule has 0 radical (unpaired) electrons. The fourth-order valence-electron chi connectivity index (χ4n) is 1.52. The van der Waals surface area contributed by atoms with Crippen LogP contribution in [0.15, 0.2) is 36.4 Å². The van der Waals surface area contributed by atoms with Crippen molar-refractivity contribution in [2.24, 2.45) is 0 Å². The zero-order valence-corrected chi connectivity index (χ0v) is 8.96. The number of phenols is 1. The molecular weight excluding hydrogens is 204 g/mol. The first-order valence-electron chi connectivity index (χ1n) is 4.63. The minimum Gasteiger partial charge on any atom is -0.507 e. The highest BCUT2D eigenvalue weighted by atomic mass is 32.1. The molecule has 0 saturated heterocycles. The second-order valence-electron chi connectivity index (χ2n) is 3.14. The Labute approximate surface area is 94.2 Å². The summed E-state index contributed by atoms with van der Waals surface area (Å²) in [5.41, 5.74) is 0.683. The van der Waals surface area contributed by atoms with E-state index in [-0.39, 0.29) is 5.75 Å². The van der Waals surface area contributed by atoms with Gasteiger partial charge in [-0.3, -0.25) is 0 Å². The number of fused-ring (bicyclic) bond motifs is 1. The van der Waals surface area contributed by atoms with Gasteiger partial charge < -0.3 is 5.11 Å². The lowest BCUT2D eigenvalue weighted by Gasteiger charge is -2.02. The fourth-order valence-corrected chi connectivity index (χ4v) is 1.60. The molecule has 2 aromatic carbocycles. The quantitative estimate of drug-likeness (QED) is 0.510. The third-order valence-electron chi connectivity index (χ3n) is 2.20. The van der Waals surface area contributed by atoms with Crippen molar-refractivity contribution in [3.63, 3.8) is 0 Å². The Morgan fingerprint density at radius 1 is 1.13 bits per heavy atom. The standard InChI is InChI=1S/C13H10OS/c14-13-8-7-10-4-1-2-5-11(10)12(13)6-3-9-15/h1-2,4-5,7-8,14-15H,9H2. The molecule has 0 aliphatic carbocycles. The van der Waals surface area contributed by atoms with E-state index in [4.69, 9.17) is 0 Å². The molecule has 0 saturated carbocycles. The van der Waals surface area contributed by atoms with Crippen LogP contribution >= 0.6 is 12.6 Å². The maximum atomic E-state index is 9.71. The van der Waals surface area contributed by atoms with E-state index in [0.29, 0.717) is 11.3 Å². The van der Waals surface area contributed by atoms with Gasteiger partial charge in [-0.05, 0) is 11.5 Å². The average Bonchev–Trinajstić information content (AvgIpc) is 2.28. The van der Waals surface area contributed by atoms with Gasteiger partial charge in [0.05, 0.1) is 11.3 Å². The third-order valence-corrected chi connectivity index (χ3v) is 2.36. The number of thiol groups is 1. The summed E-state index contributed by atoms with van der Waals surface area (Å²) in [7, 11) is 0. The first-order chi connectivity index (χ1) is 7.33. The third kappa shape index (κ3) is 1.93. The van der Waals surface area contributed by atoms with Crippen LogP contribution in [0, 0.1) is 11.8 Å². The molecule has 1 N–H and O–H groups in total. The minimum absolute atomic E-state index is 0.225. The molecule has 0 amide bonds. The number of hydrogen-bond donors (Lipinski definition) is 2. The smallest absolute Gasteiger partial charge is 0.131 e. The zero-order valence-electron chi connectivity index (χ0n) is 8.07. The normalized spacial score (nSPS) is 9.67. The van der Waals surface area contributed by atoms with Gasteiger partial charge in [0.1, 0.15) is 5.75 Å². The lowest BCUT2D eigenvalue weighted by molar-refractivity contribution is 0.474. The van der Waals surface area contributed by atoms with Gasteiger partial charge in [-0.2, -0.15) is 12.6 Å². The Kier molecular flexibility index (Phi) is 2.84. The molecule has 0 unspecified atom stereocenters. The Hall–Kier alpha value is -1.59. The monoisotopic (exact) mass is 214 g/mol. The molecule has 0 bridgehead atoms. The fraction of sp³-hybridized carbons (Fsp3) is 0.0769. The molecule has 0 aliphatic heterocycles. The van der Waals surface area contributed by atoms with Crippen molar-refractivity contribution in [1.29, 1.82) is 0 Å². The van der Waals surface area contributed by atoms with Crippen LogP contribution in [0.1, 0.15) is 5.56 Å². The van der Waals surface area contributed by atoms with Crippen LogP contribution < -0.4 is 0 Å². The summed E-state index contributed by atoms with van der Waals surface area (Å²) in [6.07, 6.45) is 0. The van der Waals surface area contributed by atoms with Crippen LogP contribution in [0.3, 0.4) is 0 Å².